The summed E-state index contributed by atoms with van der Waals surface area (Å²) in [5.41, 5.74) is 2.35. The quantitative estimate of drug-likeness (QED) is 0.285. The monoisotopic (exact) mass is 191 g/mol. The van der Waals surface area contributed by atoms with Gasteiger partial charge in [-0.05, 0) is 0 Å². The van der Waals surface area contributed by atoms with Crippen LogP contribution in [-0.2, 0) is 9.63 Å². The molecular weight excluding hydrogens is 176 g/mol. The summed E-state index contributed by atoms with van der Waals surface area (Å²) in [4.78, 5) is 15.6. The SMILES string of the molecule is O=[C]ONCCN(CCO)CCO. The highest BCUT2D eigenvalue weighted by Gasteiger charge is 2.02. The van der Waals surface area contributed by atoms with Gasteiger partial charge in [0, 0.05) is 26.2 Å². The molecule has 6 heteroatoms. The van der Waals surface area contributed by atoms with Crippen LogP contribution in [0.3, 0.4) is 0 Å². The summed E-state index contributed by atoms with van der Waals surface area (Å²) in [5.74, 6) is 0. The molecule has 0 aromatic rings. The molecule has 0 atom stereocenters. The van der Waals surface area contributed by atoms with Crippen molar-refractivity contribution in [2.24, 2.45) is 0 Å². The van der Waals surface area contributed by atoms with E-state index in [-0.39, 0.29) is 13.2 Å². The van der Waals surface area contributed by atoms with Crippen molar-refractivity contribution in [3.05, 3.63) is 0 Å². The zero-order valence-corrected chi connectivity index (χ0v) is 7.40. The van der Waals surface area contributed by atoms with E-state index in [2.05, 4.69) is 10.3 Å². The Morgan fingerprint density at radius 2 is 1.85 bits per heavy atom. The molecule has 0 aliphatic rings. The number of nitrogens with one attached hydrogen (secondary N) is 1. The summed E-state index contributed by atoms with van der Waals surface area (Å²) in [7, 11) is 0. The van der Waals surface area contributed by atoms with Crippen LogP contribution in [0.15, 0.2) is 0 Å². The zero-order chi connectivity index (χ0) is 9.94. The van der Waals surface area contributed by atoms with E-state index >= 15 is 0 Å². The molecule has 13 heavy (non-hydrogen) atoms. The lowest BCUT2D eigenvalue weighted by Gasteiger charge is -2.19. The fourth-order valence-electron chi connectivity index (χ4n) is 0.903. The van der Waals surface area contributed by atoms with Crippen LogP contribution in [0, 0.1) is 0 Å². The van der Waals surface area contributed by atoms with Crippen molar-refractivity contribution in [3.8, 4) is 0 Å². The number of hydrogen-bond acceptors (Lipinski definition) is 6. The summed E-state index contributed by atoms with van der Waals surface area (Å²) in [6, 6.07) is 0. The summed E-state index contributed by atoms with van der Waals surface area (Å²) in [5, 5.41) is 17.3. The molecule has 77 valence electrons. The molecule has 0 aromatic heterocycles. The maximum atomic E-state index is 9.60. The maximum Gasteiger partial charge on any atom is 0.437 e. The second kappa shape index (κ2) is 9.40. The van der Waals surface area contributed by atoms with Crippen LogP contribution in [-0.4, -0.2) is 61.0 Å². The van der Waals surface area contributed by atoms with Gasteiger partial charge in [-0.25, -0.2) is 4.79 Å². The number of nitrogens with zero attached hydrogens (tertiary/aromatic N) is 1. The lowest BCUT2D eigenvalue weighted by Crippen LogP contribution is -2.35. The molecule has 0 aliphatic heterocycles. The second-order valence-corrected chi connectivity index (χ2v) is 2.37. The highest BCUT2D eigenvalue weighted by atomic mass is 16.7. The van der Waals surface area contributed by atoms with E-state index in [1.54, 1.807) is 0 Å². The third-order valence-electron chi connectivity index (χ3n) is 1.48. The minimum absolute atomic E-state index is 0.0423. The molecule has 0 unspecified atom stereocenters. The molecule has 0 fully saturated rings. The number of rotatable bonds is 9. The average molecular weight is 191 g/mol. The van der Waals surface area contributed by atoms with E-state index < -0.39 is 0 Å². The van der Waals surface area contributed by atoms with Gasteiger partial charge in [0.1, 0.15) is 0 Å². The summed E-state index contributed by atoms with van der Waals surface area (Å²) in [6.45, 7) is 3.32. The van der Waals surface area contributed by atoms with Crippen LogP contribution in [0.5, 0.6) is 0 Å². The Morgan fingerprint density at radius 3 is 2.31 bits per heavy atom. The molecule has 0 spiro atoms. The van der Waals surface area contributed by atoms with Gasteiger partial charge in [0.2, 0.25) is 0 Å². The van der Waals surface area contributed by atoms with E-state index in [9.17, 15) is 4.79 Å². The van der Waals surface area contributed by atoms with Crippen LogP contribution >= 0.6 is 0 Å². The Balaban J connectivity index is 3.37. The van der Waals surface area contributed by atoms with Crippen LogP contribution in [0.2, 0.25) is 0 Å². The summed E-state index contributed by atoms with van der Waals surface area (Å²) >= 11 is 0. The topological polar surface area (TPSA) is 82.0 Å². The minimum atomic E-state index is 0.0423. The third-order valence-corrected chi connectivity index (χ3v) is 1.48. The summed E-state index contributed by atoms with van der Waals surface area (Å²) in [6.07, 6.45) is 0. The number of aliphatic hydroxyl groups is 2. The first-order chi connectivity index (χ1) is 6.35. The van der Waals surface area contributed by atoms with Gasteiger partial charge in [-0.3, -0.25) is 4.90 Å². The Morgan fingerprint density at radius 1 is 1.23 bits per heavy atom. The average Bonchev–Trinajstić information content (AvgIpc) is 2.13. The van der Waals surface area contributed by atoms with Gasteiger partial charge in [0.25, 0.3) is 0 Å². The van der Waals surface area contributed by atoms with Gasteiger partial charge in [0.05, 0.1) is 13.2 Å². The van der Waals surface area contributed by atoms with E-state index in [0.717, 1.165) is 0 Å². The molecule has 3 N–H and O–H groups in total. The molecule has 0 aromatic carbocycles. The summed E-state index contributed by atoms with van der Waals surface area (Å²) < 4.78 is 0. The van der Waals surface area contributed by atoms with Gasteiger partial charge >= 0.3 is 6.47 Å². The molecule has 6 nitrogen and oxygen atoms in total. The first-order valence-electron chi connectivity index (χ1n) is 4.05. The maximum absolute atomic E-state index is 9.60. The van der Waals surface area contributed by atoms with Crippen LogP contribution in [0.1, 0.15) is 0 Å². The van der Waals surface area contributed by atoms with Crippen molar-refractivity contribution in [1.82, 2.24) is 10.4 Å². The highest BCUT2D eigenvalue weighted by molar-refractivity contribution is 5.37. The molecule has 0 amide bonds. The molecule has 0 aliphatic carbocycles. The fourth-order valence-corrected chi connectivity index (χ4v) is 0.903. The Hall–Kier alpha value is -0.690. The smallest absolute Gasteiger partial charge is 0.395 e. The Kier molecular flexibility index (Phi) is 8.90. The van der Waals surface area contributed by atoms with Crippen molar-refractivity contribution in [1.29, 1.82) is 0 Å². The van der Waals surface area contributed by atoms with Crippen LogP contribution in [0.4, 0.5) is 0 Å². The van der Waals surface area contributed by atoms with Crippen molar-refractivity contribution >= 4 is 6.47 Å². The van der Waals surface area contributed by atoms with E-state index in [1.165, 1.54) is 6.47 Å². The second-order valence-electron chi connectivity index (χ2n) is 2.37. The third kappa shape index (κ3) is 7.66. The molecule has 0 rings (SSSR count). The van der Waals surface area contributed by atoms with Gasteiger partial charge in [0.15, 0.2) is 0 Å². The molecular formula is C7H15N2O4. The first-order valence-corrected chi connectivity index (χ1v) is 4.05. The van der Waals surface area contributed by atoms with Gasteiger partial charge < -0.3 is 15.1 Å². The lowest BCUT2D eigenvalue weighted by molar-refractivity contribution is 0.127. The number of hydrogen-bond donors (Lipinski definition) is 3. The van der Waals surface area contributed by atoms with E-state index in [4.69, 9.17) is 10.2 Å². The van der Waals surface area contributed by atoms with Gasteiger partial charge in [-0.15, -0.1) is 0 Å². The molecule has 0 saturated carbocycles. The molecule has 0 heterocycles. The minimum Gasteiger partial charge on any atom is -0.395 e. The van der Waals surface area contributed by atoms with Crippen LogP contribution < -0.4 is 5.48 Å². The predicted octanol–water partition coefficient (Wildman–Crippen LogP) is -2.14. The molecule has 0 saturated heterocycles. The van der Waals surface area contributed by atoms with Crippen molar-refractivity contribution in [2.75, 3.05) is 39.4 Å². The van der Waals surface area contributed by atoms with E-state index in [0.29, 0.717) is 26.2 Å². The van der Waals surface area contributed by atoms with Gasteiger partial charge in [-0.1, -0.05) is 0 Å². The highest BCUT2D eigenvalue weighted by Crippen LogP contribution is 1.84. The number of carbonyl (C=O) groups excluding carboxylic acids is 1. The number of aliphatic hydroxyl groups excluding tert-OH is 2. The standard InChI is InChI=1S/C7H15N2O4/c10-5-3-9(4-6-11)2-1-8-13-7-12/h8,10-11H,1-6H2. The van der Waals surface area contributed by atoms with Crippen molar-refractivity contribution in [3.63, 3.8) is 0 Å². The zero-order valence-electron chi connectivity index (χ0n) is 7.40. The van der Waals surface area contributed by atoms with Crippen molar-refractivity contribution < 1.29 is 19.8 Å². The number of hydroxylamine groups is 1. The van der Waals surface area contributed by atoms with Crippen LogP contribution in [0.25, 0.3) is 0 Å². The van der Waals surface area contributed by atoms with Crippen molar-refractivity contribution in [2.45, 2.75) is 0 Å². The predicted molar refractivity (Wildman–Crippen MR) is 45.4 cm³/mol. The fraction of sp³-hybridized carbons (Fsp3) is 0.857. The Labute approximate surface area is 77.1 Å². The lowest BCUT2D eigenvalue weighted by atomic mass is 10.4. The van der Waals surface area contributed by atoms with E-state index in [1.807, 2.05) is 4.90 Å². The first kappa shape index (κ1) is 12.3. The largest absolute Gasteiger partial charge is 0.437 e. The normalized spacial score (nSPS) is 10.4. The Bertz CT molecular complexity index is 117. The molecule has 0 bridgehead atoms. The molecule has 1 radical (unpaired) electrons. The van der Waals surface area contributed by atoms with Gasteiger partial charge in [-0.2, -0.15) is 5.48 Å².